The quantitative estimate of drug-likeness (QED) is 0.713. The van der Waals surface area contributed by atoms with E-state index >= 15 is 0 Å². The van der Waals surface area contributed by atoms with Crippen molar-refractivity contribution in [3.63, 3.8) is 0 Å². The van der Waals surface area contributed by atoms with Gasteiger partial charge in [0.25, 0.3) is 0 Å². The number of carbonyl (C=O) groups is 3. The van der Waals surface area contributed by atoms with Crippen molar-refractivity contribution >= 4 is 34.5 Å². The first-order valence-corrected chi connectivity index (χ1v) is 9.51. The number of thiophene rings is 1. The van der Waals surface area contributed by atoms with Crippen molar-refractivity contribution in [2.45, 2.75) is 33.3 Å². The van der Waals surface area contributed by atoms with E-state index < -0.39 is 11.6 Å². The van der Waals surface area contributed by atoms with Gasteiger partial charge in [0.1, 0.15) is 5.60 Å². The number of nitrogens with zero attached hydrogens (tertiary/aromatic N) is 3. The highest BCUT2D eigenvalue weighted by Crippen LogP contribution is 2.20. The lowest BCUT2D eigenvalue weighted by Crippen LogP contribution is -2.57. The summed E-state index contributed by atoms with van der Waals surface area (Å²) >= 11 is 1.45. The first-order valence-electron chi connectivity index (χ1n) is 8.70. The molecule has 1 aromatic heterocycles. The van der Waals surface area contributed by atoms with Crippen LogP contribution in [0.4, 0.5) is 19.4 Å². The Kier molecular flexibility index (Phi) is 6.53. The second-order valence-corrected chi connectivity index (χ2v) is 8.56. The highest BCUT2D eigenvalue weighted by molar-refractivity contribution is 7.16. The van der Waals surface area contributed by atoms with Gasteiger partial charge < -0.3 is 14.5 Å². The van der Waals surface area contributed by atoms with Gasteiger partial charge in [0.05, 0.1) is 5.00 Å². The van der Waals surface area contributed by atoms with Gasteiger partial charge in [0, 0.05) is 38.1 Å². The summed E-state index contributed by atoms with van der Waals surface area (Å²) in [4.78, 5) is 40.8. The molecule has 1 aliphatic heterocycles. The van der Waals surface area contributed by atoms with Gasteiger partial charge >= 0.3 is 18.2 Å². The Morgan fingerprint density at radius 3 is 2.22 bits per heavy atom. The molecule has 2 heterocycles. The first-order chi connectivity index (χ1) is 12.5. The molecule has 1 saturated heterocycles. The van der Waals surface area contributed by atoms with Crippen LogP contribution in [0.25, 0.3) is 0 Å². The number of hydrogen-bond donors (Lipinski definition) is 2. The number of hydrazine groups is 1. The van der Waals surface area contributed by atoms with E-state index in [0.717, 1.165) is 9.89 Å². The third kappa shape index (κ3) is 6.31. The van der Waals surface area contributed by atoms with Crippen LogP contribution in [-0.2, 0) is 4.74 Å². The number of anilines is 1. The minimum atomic E-state index is -0.553. The smallest absolute Gasteiger partial charge is 0.410 e. The number of hydrogen-bond acceptors (Lipinski definition) is 5. The van der Waals surface area contributed by atoms with Gasteiger partial charge in [0.15, 0.2) is 0 Å². The number of carbonyl (C=O) groups excluding carboxylic acids is 3. The predicted octanol–water partition coefficient (Wildman–Crippen LogP) is 2.70. The fourth-order valence-electron chi connectivity index (χ4n) is 2.46. The van der Waals surface area contributed by atoms with Crippen LogP contribution in [0.3, 0.4) is 0 Å². The van der Waals surface area contributed by atoms with Crippen molar-refractivity contribution in [2.75, 3.05) is 38.5 Å². The molecule has 0 saturated carbocycles. The third-order valence-corrected chi connectivity index (χ3v) is 4.65. The van der Waals surface area contributed by atoms with E-state index in [1.54, 1.807) is 15.9 Å². The molecule has 27 heavy (non-hydrogen) atoms. The molecule has 1 aliphatic rings. The molecule has 0 unspecified atom stereocenters. The van der Waals surface area contributed by atoms with Crippen molar-refractivity contribution in [1.29, 1.82) is 0 Å². The molecule has 1 aromatic rings. The highest BCUT2D eigenvalue weighted by Gasteiger charge is 2.29. The van der Waals surface area contributed by atoms with Crippen LogP contribution in [0.1, 0.15) is 25.6 Å². The molecule has 10 heteroatoms. The van der Waals surface area contributed by atoms with E-state index in [-0.39, 0.29) is 12.1 Å². The van der Waals surface area contributed by atoms with Crippen molar-refractivity contribution < 1.29 is 19.1 Å². The second kappa shape index (κ2) is 8.47. The Morgan fingerprint density at radius 2 is 1.70 bits per heavy atom. The van der Waals surface area contributed by atoms with Gasteiger partial charge in [-0.2, -0.15) is 0 Å². The Labute approximate surface area is 163 Å². The number of urea groups is 2. The minimum absolute atomic E-state index is 0.337. The van der Waals surface area contributed by atoms with Crippen LogP contribution in [0.15, 0.2) is 12.1 Å². The summed E-state index contributed by atoms with van der Waals surface area (Å²) in [5.74, 6) is 0. The molecule has 2 N–H and O–H groups in total. The van der Waals surface area contributed by atoms with E-state index in [9.17, 15) is 14.4 Å². The molecule has 2 rings (SSSR count). The molecule has 0 atom stereocenters. The van der Waals surface area contributed by atoms with Crippen LogP contribution < -0.4 is 10.7 Å². The maximum atomic E-state index is 12.5. The maximum absolute atomic E-state index is 12.5. The average Bonchev–Trinajstić information content (AvgIpc) is 2.97. The molecule has 0 aliphatic carbocycles. The Balaban J connectivity index is 1.79. The standard InChI is InChI=1S/C17H27N5O4S/c1-12-6-7-13(27-12)18-14(23)19-20(5)15(24)21-8-10-22(11-9-21)16(25)26-17(2,3)4/h6-7H,8-11H2,1-5H3,(H2,18,19,23). The van der Waals surface area contributed by atoms with Crippen LogP contribution in [0.2, 0.25) is 0 Å². The predicted molar refractivity (Wildman–Crippen MR) is 104 cm³/mol. The van der Waals surface area contributed by atoms with Crippen LogP contribution in [0.5, 0.6) is 0 Å². The van der Waals surface area contributed by atoms with Crippen LogP contribution in [-0.4, -0.2) is 71.8 Å². The zero-order valence-electron chi connectivity index (χ0n) is 16.4. The van der Waals surface area contributed by atoms with Crippen molar-refractivity contribution in [1.82, 2.24) is 20.2 Å². The summed E-state index contributed by atoms with van der Waals surface area (Å²) in [7, 11) is 1.49. The van der Waals surface area contributed by atoms with Crippen molar-refractivity contribution in [2.24, 2.45) is 0 Å². The Bertz CT molecular complexity index is 692. The Hall–Kier alpha value is -2.49. The maximum Gasteiger partial charge on any atom is 0.410 e. The van der Waals surface area contributed by atoms with Gasteiger partial charge in [-0.25, -0.2) is 24.8 Å². The Morgan fingerprint density at radius 1 is 1.11 bits per heavy atom. The SMILES string of the molecule is Cc1ccc(NC(=O)NN(C)C(=O)N2CCN(C(=O)OC(C)(C)C)CC2)s1. The molecule has 0 aromatic carbocycles. The average molecular weight is 398 g/mol. The van der Waals surface area contributed by atoms with E-state index in [1.165, 1.54) is 18.4 Å². The largest absolute Gasteiger partial charge is 0.444 e. The molecule has 9 nitrogen and oxygen atoms in total. The summed E-state index contributed by atoms with van der Waals surface area (Å²) in [6.45, 7) is 8.89. The summed E-state index contributed by atoms with van der Waals surface area (Å²) < 4.78 is 5.34. The molecular weight excluding hydrogens is 370 g/mol. The van der Waals surface area contributed by atoms with Crippen molar-refractivity contribution in [3.05, 3.63) is 17.0 Å². The number of nitrogens with one attached hydrogen (secondary N) is 2. The molecule has 0 spiro atoms. The number of amides is 5. The van der Waals surface area contributed by atoms with E-state index in [1.807, 2.05) is 33.8 Å². The van der Waals surface area contributed by atoms with Crippen LogP contribution >= 0.6 is 11.3 Å². The molecule has 5 amide bonds. The number of piperazine rings is 1. The number of ether oxygens (including phenoxy) is 1. The van der Waals surface area contributed by atoms with Crippen molar-refractivity contribution in [3.8, 4) is 0 Å². The normalized spacial score (nSPS) is 14.6. The van der Waals surface area contributed by atoms with E-state index in [4.69, 9.17) is 4.74 Å². The lowest BCUT2D eigenvalue weighted by Gasteiger charge is -2.37. The summed E-state index contributed by atoms with van der Waals surface area (Å²) in [6, 6.07) is 2.88. The highest BCUT2D eigenvalue weighted by atomic mass is 32.1. The third-order valence-electron chi connectivity index (χ3n) is 3.74. The van der Waals surface area contributed by atoms with Gasteiger partial charge in [-0.1, -0.05) is 0 Å². The molecular formula is C17H27N5O4S. The van der Waals surface area contributed by atoms with Gasteiger partial charge in [0.2, 0.25) is 0 Å². The van der Waals surface area contributed by atoms with Gasteiger partial charge in [-0.15, -0.1) is 11.3 Å². The zero-order chi connectivity index (χ0) is 20.2. The van der Waals surface area contributed by atoms with E-state index in [2.05, 4.69) is 10.7 Å². The molecule has 0 bridgehead atoms. The van der Waals surface area contributed by atoms with E-state index in [0.29, 0.717) is 31.2 Å². The first kappa shape index (κ1) is 20.8. The minimum Gasteiger partial charge on any atom is -0.444 e. The topological polar surface area (TPSA) is 94.2 Å². The fraction of sp³-hybridized carbons (Fsp3) is 0.588. The second-order valence-electron chi connectivity index (χ2n) is 7.27. The molecule has 0 radical (unpaired) electrons. The lowest BCUT2D eigenvalue weighted by molar-refractivity contribution is 0.0157. The monoisotopic (exact) mass is 397 g/mol. The number of aryl methyl sites for hydroxylation is 1. The van der Waals surface area contributed by atoms with Gasteiger partial charge in [-0.3, -0.25) is 5.32 Å². The lowest BCUT2D eigenvalue weighted by atomic mass is 10.2. The zero-order valence-corrected chi connectivity index (χ0v) is 17.2. The number of rotatable bonds is 1. The summed E-state index contributed by atoms with van der Waals surface area (Å²) in [5, 5.41) is 4.52. The van der Waals surface area contributed by atoms with Crippen LogP contribution in [0, 0.1) is 6.92 Å². The summed E-state index contributed by atoms with van der Waals surface area (Å²) in [5.41, 5.74) is 1.94. The summed E-state index contributed by atoms with van der Waals surface area (Å²) in [6.07, 6.45) is -0.383. The fourth-order valence-corrected chi connectivity index (χ4v) is 3.22. The molecule has 150 valence electrons. The molecule has 1 fully saturated rings. The van der Waals surface area contributed by atoms with Gasteiger partial charge in [-0.05, 0) is 39.8 Å².